The number of carbonyl (C=O) groups is 1. The highest BCUT2D eigenvalue weighted by Crippen LogP contribution is 2.19. The molecular weight excluding hydrogens is 180 g/mol. The first-order valence-corrected chi connectivity index (χ1v) is 4.40. The molecule has 1 aromatic carbocycles. The summed E-state index contributed by atoms with van der Waals surface area (Å²) in [4.78, 5) is 15.2. The minimum absolute atomic E-state index is 0.408. The van der Waals surface area contributed by atoms with Crippen LogP contribution >= 0.6 is 0 Å². The zero-order valence-corrected chi connectivity index (χ0v) is 7.78. The van der Waals surface area contributed by atoms with E-state index in [1.54, 1.807) is 18.2 Å². The minimum atomic E-state index is -0.480. The minimum Gasteiger partial charge on any atom is -0.441 e. The number of amides is 1. The molecule has 2 N–H and O–H groups in total. The van der Waals surface area contributed by atoms with Crippen molar-refractivity contribution in [3.63, 3.8) is 0 Å². The van der Waals surface area contributed by atoms with Crippen molar-refractivity contribution in [3.8, 4) is 0 Å². The van der Waals surface area contributed by atoms with Crippen molar-refractivity contribution >= 4 is 17.0 Å². The van der Waals surface area contributed by atoms with Gasteiger partial charge >= 0.3 is 0 Å². The van der Waals surface area contributed by atoms with Crippen molar-refractivity contribution in [2.24, 2.45) is 5.73 Å². The van der Waals surface area contributed by atoms with Crippen LogP contribution in [0.15, 0.2) is 22.6 Å². The Bertz CT molecular complexity index is 488. The van der Waals surface area contributed by atoms with Crippen molar-refractivity contribution in [2.45, 2.75) is 13.3 Å². The maximum Gasteiger partial charge on any atom is 0.251 e. The highest BCUT2D eigenvalue weighted by Gasteiger charge is 2.11. The molecule has 1 aromatic heterocycles. The molecule has 0 radical (unpaired) electrons. The summed E-state index contributed by atoms with van der Waals surface area (Å²) in [6, 6.07) is 5.15. The Hall–Kier alpha value is -1.84. The molecule has 4 nitrogen and oxygen atoms in total. The van der Waals surface area contributed by atoms with E-state index in [-0.39, 0.29) is 0 Å². The van der Waals surface area contributed by atoms with E-state index in [4.69, 9.17) is 10.2 Å². The number of carbonyl (C=O) groups excluding carboxylic acids is 1. The number of primary amides is 1. The lowest BCUT2D eigenvalue weighted by atomic mass is 10.2. The Balaban J connectivity index is 2.73. The first kappa shape index (κ1) is 8.74. The Kier molecular flexibility index (Phi) is 1.96. The Morgan fingerprint density at radius 3 is 3.00 bits per heavy atom. The number of aryl methyl sites for hydroxylation is 1. The van der Waals surface area contributed by atoms with E-state index in [0.717, 1.165) is 0 Å². The number of hydrogen-bond acceptors (Lipinski definition) is 3. The Morgan fingerprint density at radius 1 is 1.57 bits per heavy atom. The molecule has 2 rings (SSSR count). The second-order valence-corrected chi connectivity index (χ2v) is 2.98. The largest absolute Gasteiger partial charge is 0.441 e. The normalized spacial score (nSPS) is 10.6. The molecule has 0 bridgehead atoms. The summed E-state index contributed by atoms with van der Waals surface area (Å²) in [5.74, 6) is 0.139. The Labute approximate surface area is 80.7 Å². The van der Waals surface area contributed by atoms with Gasteiger partial charge in [-0.2, -0.15) is 0 Å². The maximum absolute atomic E-state index is 11.1. The molecule has 0 aliphatic carbocycles. The van der Waals surface area contributed by atoms with E-state index in [9.17, 15) is 4.79 Å². The van der Waals surface area contributed by atoms with E-state index < -0.39 is 5.91 Å². The fourth-order valence-corrected chi connectivity index (χ4v) is 1.34. The van der Waals surface area contributed by atoms with Gasteiger partial charge in [-0.15, -0.1) is 0 Å². The highest BCUT2D eigenvalue weighted by atomic mass is 16.3. The molecule has 0 saturated carbocycles. The molecule has 0 saturated heterocycles. The second kappa shape index (κ2) is 3.14. The topological polar surface area (TPSA) is 69.1 Å². The van der Waals surface area contributed by atoms with E-state index in [2.05, 4.69) is 4.98 Å². The number of fused-ring (bicyclic) bond motifs is 1. The van der Waals surface area contributed by atoms with E-state index >= 15 is 0 Å². The lowest BCUT2D eigenvalue weighted by molar-refractivity contribution is 0.100. The summed E-state index contributed by atoms with van der Waals surface area (Å²) in [5, 5.41) is 0. The summed E-state index contributed by atoms with van der Waals surface area (Å²) in [6.45, 7) is 1.94. The summed E-state index contributed by atoms with van der Waals surface area (Å²) >= 11 is 0. The summed E-state index contributed by atoms with van der Waals surface area (Å²) in [6.07, 6.45) is 0.701. The van der Waals surface area contributed by atoms with Crippen molar-refractivity contribution in [2.75, 3.05) is 0 Å². The molecule has 0 atom stereocenters. The van der Waals surface area contributed by atoms with E-state index in [1.807, 2.05) is 6.92 Å². The molecule has 1 heterocycles. The predicted octanol–water partition coefficient (Wildman–Crippen LogP) is 1.49. The first-order valence-electron chi connectivity index (χ1n) is 4.40. The van der Waals surface area contributed by atoms with Crippen LogP contribution < -0.4 is 5.73 Å². The number of nitrogens with two attached hydrogens (primary N) is 1. The van der Waals surface area contributed by atoms with Crippen LogP contribution in [0.25, 0.3) is 11.1 Å². The van der Waals surface area contributed by atoms with Crippen molar-refractivity contribution in [3.05, 3.63) is 29.7 Å². The molecule has 4 heteroatoms. The zero-order chi connectivity index (χ0) is 10.1. The van der Waals surface area contributed by atoms with Crippen LogP contribution in [0.4, 0.5) is 0 Å². The average molecular weight is 190 g/mol. The van der Waals surface area contributed by atoms with Crippen molar-refractivity contribution in [1.82, 2.24) is 4.98 Å². The summed E-state index contributed by atoms with van der Waals surface area (Å²) < 4.78 is 5.39. The van der Waals surface area contributed by atoms with Gasteiger partial charge in [-0.25, -0.2) is 4.98 Å². The van der Waals surface area contributed by atoms with E-state index in [0.29, 0.717) is 29.0 Å². The fourth-order valence-electron chi connectivity index (χ4n) is 1.34. The van der Waals surface area contributed by atoms with Crippen LogP contribution in [-0.2, 0) is 6.42 Å². The number of hydrogen-bond donors (Lipinski definition) is 1. The van der Waals surface area contributed by atoms with E-state index in [1.165, 1.54) is 0 Å². The van der Waals surface area contributed by atoms with Crippen LogP contribution in [0.1, 0.15) is 23.2 Å². The number of nitrogens with zero attached hydrogens (tertiary/aromatic N) is 1. The van der Waals surface area contributed by atoms with Gasteiger partial charge in [0.25, 0.3) is 5.91 Å². The van der Waals surface area contributed by atoms with Crippen LogP contribution in [-0.4, -0.2) is 10.9 Å². The third-order valence-electron chi connectivity index (χ3n) is 2.03. The number of oxazole rings is 1. The van der Waals surface area contributed by atoms with Crippen molar-refractivity contribution in [1.29, 1.82) is 0 Å². The van der Waals surface area contributed by atoms with Gasteiger partial charge in [0, 0.05) is 6.42 Å². The van der Waals surface area contributed by atoms with Gasteiger partial charge in [0.15, 0.2) is 11.5 Å². The molecular formula is C10H10N2O2. The number of para-hydroxylation sites is 1. The molecule has 0 unspecified atom stereocenters. The maximum atomic E-state index is 11.1. The lowest BCUT2D eigenvalue weighted by Crippen LogP contribution is -2.11. The molecule has 0 aliphatic rings. The average Bonchev–Trinajstić information content (AvgIpc) is 2.59. The van der Waals surface area contributed by atoms with Gasteiger partial charge < -0.3 is 10.2 Å². The highest BCUT2D eigenvalue weighted by molar-refractivity contribution is 6.03. The summed E-state index contributed by atoms with van der Waals surface area (Å²) in [7, 11) is 0. The Morgan fingerprint density at radius 2 is 2.36 bits per heavy atom. The predicted molar refractivity (Wildman–Crippen MR) is 51.9 cm³/mol. The monoisotopic (exact) mass is 190 g/mol. The standard InChI is InChI=1S/C10H10N2O2/c1-2-8-12-9-6(10(11)13)4-3-5-7(9)14-8/h3-5H,2H2,1H3,(H2,11,13). The van der Waals surface area contributed by atoms with Gasteiger partial charge in [-0.05, 0) is 12.1 Å². The molecule has 1 amide bonds. The quantitative estimate of drug-likeness (QED) is 0.779. The molecule has 0 fully saturated rings. The molecule has 72 valence electrons. The van der Waals surface area contributed by atoms with Gasteiger partial charge in [0.05, 0.1) is 5.56 Å². The van der Waals surface area contributed by atoms with Crippen LogP contribution in [0.5, 0.6) is 0 Å². The smallest absolute Gasteiger partial charge is 0.251 e. The summed E-state index contributed by atoms with van der Waals surface area (Å²) in [5.41, 5.74) is 6.78. The number of aromatic nitrogens is 1. The van der Waals surface area contributed by atoms with Gasteiger partial charge in [0.2, 0.25) is 0 Å². The fraction of sp³-hybridized carbons (Fsp3) is 0.200. The van der Waals surface area contributed by atoms with Crippen LogP contribution in [0.3, 0.4) is 0 Å². The second-order valence-electron chi connectivity index (χ2n) is 2.98. The van der Waals surface area contributed by atoms with Crippen LogP contribution in [0, 0.1) is 0 Å². The van der Waals surface area contributed by atoms with Crippen molar-refractivity contribution < 1.29 is 9.21 Å². The lowest BCUT2D eigenvalue weighted by Gasteiger charge is -1.93. The van der Waals surface area contributed by atoms with Gasteiger partial charge in [0.1, 0.15) is 5.52 Å². The van der Waals surface area contributed by atoms with Gasteiger partial charge in [-0.1, -0.05) is 13.0 Å². The first-order chi connectivity index (χ1) is 6.72. The number of rotatable bonds is 2. The van der Waals surface area contributed by atoms with Gasteiger partial charge in [-0.3, -0.25) is 4.79 Å². The third-order valence-corrected chi connectivity index (χ3v) is 2.03. The van der Waals surface area contributed by atoms with Crippen LogP contribution in [0.2, 0.25) is 0 Å². The molecule has 14 heavy (non-hydrogen) atoms. The third kappa shape index (κ3) is 1.25. The SMILES string of the molecule is CCc1nc2c(C(N)=O)cccc2o1. The molecule has 2 aromatic rings. The zero-order valence-electron chi connectivity index (χ0n) is 7.78. The molecule has 0 aliphatic heterocycles. The molecule has 0 spiro atoms. The number of benzene rings is 1.